The lowest BCUT2D eigenvalue weighted by Crippen LogP contribution is -2.52. The fourth-order valence-corrected chi connectivity index (χ4v) is 3.80. The molecule has 0 heterocycles. The maximum Gasteiger partial charge on any atom is 0.361 e. The van der Waals surface area contributed by atoms with E-state index < -0.39 is 55.4 Å². The van der Waals surface area contributed by atoms with Gasteiger partial charge in [-0.25, -0.2) is 0 Å². The lowest BCUT2D eigenvalue weighted by atomic mass is 9.91. The van der Waals surface area contributed by atoms with Crippen molar-refractivity contribution in [2.75, 3.05) is 0 Å². The van der Waals surface area contributed by atoms with Gasteiger partial charge < -0.3 is 20.4 Å². The number of phenolic OH excluding ortho intramolecular Hbond substituents is 2. The Kier molecular flexibility index (Phi) is 9.39. The van der Waals surface area contributed by atoms with Gasteiger partial charge in [0.25, 0.3) is 11.2 Å². The fourth-order valence-electron chi connectivity index (χ4n) is 2.82. The third kappa shape index (κ3) is 6.16. The van der Waals surface area contributed by atoms with Crippen LogP contribution in [0.5, 0.6) is 11.5 Å². The number of aromatic hydroxyl groups is 2. The smallest absolute Gasteiger partial charge is 0.361 e. The lowest BCUT2D eigenvalue weighted by Gasteiger charge is -2.35. The number of phenols is 2. The summed E-state index contributed by atoms with van der Waals surface area (Å²) in [6, 6.07) is 5.68. The van der Waals surface area contributed by atoms with Crippen LogP contribution in [0.2, 0.25) is 0 Å². The zero-order valence-corrected chi connectivity index (χ0v) is 20.8. The van der Waals surface area contributed by atoms with Crippen LogP contribution in [0, 0.1) is 13.8 Å². The van der Waals surface area contributed by atoms with Crippen molar-refractivity contribution < 1.29 is 55.5 Å². The number of rotatable bonds is 6. The molecule has 0 spiro atoms. The Balaban J connectivity index is 0.000000360. The van der Waals surface area contributed by atoms with Crippen LogP contribution < -0.4 is 0 Å². The predicted octanol–water partition coefficient (Wildman–Crippen LogP) is 7.10. The maximum atomic E-state index is 13.1. The molecule has 0 aliphatic heterocycles. The number of alkyl halides is 12. The minimum atomic E-state index is -4.79. The number of aryl methyl sites for hydroxylation is 2. The van der Waals surface area contributed by atoms with Crippen LogP contribution in [-0.2, 0) is 11.2 Å². The third-order valence-electron chi connectivity index (χ3n) is 4.73. The fraction of sp³-hybridized carbons (Fsp3) is 0.400. The van der Waals surface area contributed by atoms with Crippen molar-refractivity contribution in [1.29, 1.82) is 0 Å². The molecule has 4 N–H and O–H groups in total. The first-order chi connectivity index (χ1) is 15.8. The van der Waals surface area contributed by atoms with Crippen molar-refractivity contribution in [2.24, 2.45) is 0 Å². The van der Waals surface area contributed by atoms with Gasteiger partial charge in [-0.2, -0.15) is 35.1 Å². The second-order valence-corrected chi connectivity index (χ2v) is 9.35. The molecule has 2 rings (SSSR count). The molecule has 0 unspecified atom stereocenters. The highest BCUT2D eigenvalue weighted by atomic mass is 35.5. The monoisotopic (exact) mass is 612 g/mol. The summed E-state index contributed by atoms with van der Waals surface area (Å²) in [6.45, 7) is 2.88. The van der Waals surface area contributed by atoms with Crippen LogP contribution in [0.1, 0.15) is 22.3 Å². The molecule has 2 aromatic carbocycles. The Hall–Kier alpha value is -1.44. The van der Waals surface area contributed by atoms with E-state index >= 15 is 0 Å². The van der Waals surface area contributed by atoms with Crippen LogP contribution in [0.15, 0.2) is 36.4 Å². The molecule has 0 fully saturated rings. The van der Waals surface area contributed by atoms with Crippen LogP contribution in [0.4, 0.5) is 35.1 Å². The summed E-state index contributed by atoms with van der Waals surface area (Å²) >= 11 is 18.1. The average Bonchev–Trinajstić information content (AvgIpc) is 2.65. The van der Waals surface area contributed by atoms with Gasteiger partial charge in [0, 0.05) is 11.1 Å². The van der Waals surface area contributed by atoms with E-state index in [9.17, 15) is 55.5 Å². The van der Waals surface area contributed by atoms with Gasteiger partial charge in [-0.3, -0.25) is 0 Å². The first-order valence-electron chi connectivity index (χ1n) is 9.14. The zero-order valence-electron chi connectivity index (χ0n) is 17.8. The highest BCUT2D eigenvalue weighted by molar-refractivity contribution is 6.27. The highest BCUT2D eigenvalue weighted by Crippen LogP contribution is 2.55. The van der Waals surface area contributed by atoms with Crippen LogP contribution in [-0.4, -0.2) is 42.0 Å². The van der Waals surface area contributed by atoms with E-state index in [0.29, 0.717) is 11.6 Å². The topological polar surface area (TPSA) is 80.9 Å². The first kappa shape index (κ1) is 32.6. The zero-order chi connectivity index (χ0) is 28.7. The number of benzene rings is 2. The van der Waals surface area contributed by atoms with E-state index in [1.54, 1.807) is 0 Å². The molecule has 0 radical (unpaired) electrons. The van der Waals surface area contributed by atoms with Crippen molar-refractivity contribution in [3.05, 3.63) is 58.7 Å². The third-order valence-corrected chi connectivity index (χ3v) is 5.82. The Morgan fingerprint density at radius 3 is 1.22 bits per heavy atom. The molecule has 0 atom stereocenters. The van der Waals surface area contributed by atoms with Crippen molar-refractivity contribution in [1.82, 2.24) is 0 Å². The molecule has 36 heavy (non-hydrogen) atoms. The molecule has 16 heteroatoms. The summed E-state index contributed by atoms with van der Waals surface area (Å²) in [6.07, 6.45) is 0. The molecule has 0 bridgehead atoms. The minimum absolute atomic E-state index is 0.253. The van der Waals surface area contributed by atoms with E-state index in [4.69, 9.17) is 0 Å². The van der Waals surface area contributed by atoms with Crippen molar-refractivity contribution >= 4 is 46.4 Å². The molecule has 2 aromatic rings. The number of aliphatic hydroxyl groups is 2. The standard InChI is InChI=1S/2C10H8Cl2F4O2/c1-5-2-3-7(17)6(4-5)8(18,9(11,13)14)10(12,15)16;1-5-2-3-6(7(17)4-5)8(18,9(11,13)14)10(12,15)16/h2*2-4,17-18H,1H3. The molecule has 4 nitrogen and oxygen atoms in total. The summed E-state index contributed by atoms with van der Waals surface area (Å²) in [5.41, 5.74) is -10.1. The molecule has 0 aliphatic carbocycles. The molecular weight excluding hydrogens is 598 g/mol. The number of halogens is 12. The van der Waals surface area contributed by atoms with E-state index in [0.717, 1.165) is 24.3 Å². The van der Waals surface area contributed by atoms with Gasteiger partial charge >= 0.3 is 21.5 Å². The molecule has 0 aromatic heterocycles. The van der Waals surface area contributed by atoms with Crippen LogP contribution >= 0.6 is 46.4 Å². The first-order valence-corrected chi connectivity index (χ1v) is 10.7. The molecule has 0 amide bonds. The highest BCUT2D eigenvalue weighted by Gasteiger charge is 2.69. The van der Waals surface area contributed by atoms with E-state index in [1.165, 1.54) is 19.9 Å². The summed E-state index contributed by atoms with van der Waals surface area (Å²) in [4.78, 5) is 0. The average molecular weight is 614 g/mol. The van der Waals surface area contributed by atoms with Crippen molar-refractivity contribution in [3.8, 4) is 11.5 Å². The van der Waals surface area contributed by atoms with Crippen LogP contribution in [0.25, 0.3) is 0 Å². The van der Waals surface area contributed by atoms with Gasteiger partial charge in [0.2, 0.25) is 0 Å². The summed E-state index contributed by atoms with van der Waals surface area (Å²) in [7, 11) is 0. The van der Waals surface area contributed by atoms with Crippen molar-refractivity contribution in [2.45, 2.75) is 46.6 Å². The largest absolute Gasteiger partial charge is 0.508 e. The lowest BCUT2D eigenvalue weighted by molar-refractivity contribution is -0.225. The summed E-state index contributed by atoms with van der Waals surface area (Å²) in [5, 5.41) is 18.7. The predicted molar refractivity (Wildman–Crippen MR) is 117 cm³/mol. The second-order valence-electron chi connectivity index (χ2n) is 7.45. The molecule has 0 aliphatic rings. The summed E-state index contributed by atoms with van der Waals surface area (Å²) in [5.74, 6) is -1.93. The Labute approximate surface area is 218 Å². The van der Waals surface area contributed by atoms with Gasteiger partial charge in [0.05, 0.1) is 0 Å². The quantitative estimate of drug-likeness (QED) is 0.207. The SMILES string of the molecule is Cc1ccc(C(O)(C(F)(F)Cl)C(F)(F)Cl)c(O)c1.Cc1ccc(O)c(C(O)(C(F)(F)Cl)C(F)(F)Cl)c1. The Morgan fingerprint density at radius 2 is 0.861 bits per heavy atom. The maximum absolute atomic E-state index is 13.1. The Morgan fingerprint density at radius 1 is 0.528 bits per heavy atom. The van der Waals surface area contributed by atoms with E-state index in [2.05, 4.69) is 46.4 Å². The normalized spacial score (nSPS) is 13.8. The Bertz CT molecular complexity index is 1050. The van der Waals surface area contributed by atoms with Gasteiger partial charge in [0.15, 0.2) is 0 Å². The van der Waals surface area contributed by atoms with Gasteiger partial charge in [-0.15, -0.1) is 0 Å². The van der Waals surface area contributed by atoms with Crippen molar-refractivity contribution in [3.63, 3.8) is 0 Å². The molecule has 0 saturated heterocycles. The van der Waals surface area contributed by atoms with Gasteiger partial charge in [0.1, 0.15) is 11.5 Å². The summed E-state index contributed by atoms with van der Waals surface area (Å²) < 4.78 is 105. The second kappa shape index (κ2) is 10.4. The van der Waals surface area contributed by atoms with Gasteiger partial charge in [-0.1, -0.05) is 23.8 Å². The molecular formula is C20H16Cl4F8O4. The number of hydrogen-bond acceptors (Lipinski definition) is 4. The van der Waals surface area contributed by atoms with Gasteiger partial charge in [-0.05, 0) is 84.0 Å². The molecule has 204 valence electrons. The van der Waals surface area contributed by atoms with E-state index in [-0.39, 0.29) is 5.56 Å². The molecule has 0 saturated carbocycles. The van der Waals surface area contributed by atoms with E-state index in [1.807, 2.05) is 0 Å². The minimum Gasteiger partial charge on any atom is -0.508 e. The number of hydrogen-bond donors (Lipinski definition) is 4. The van der Waals surface area contributed by atoms with Crippen LogP contribution in [0.3, 0.4) is 0 Å².